The van der Waals surface area contributed by atoms with Crippen LogP contribution in [0.3, 0.4) is 0 Å². The van der Waals surface area contributed by atoms with Gasteiger partial charge in [0.25, 0.3) is 0 Å². The fourth-order valence-electron chi connectivity index (χ4n) is 3.17. The van der Waals surface area contributed by atoms with Crippen LogP contribution in [0, 0.1) is 0 Å². The molecule has 3 rings (SSSR count). The molecule has 0 radical (unpaired) electrons. The number of nitrogens with one attached hydrogen (secondary N) is 1. The Labute approximate surface area is 156 Å². The van der Waals surface area contributed by atoms with E-state index in [0.29, 0.717) is 12.6 Å². The predicted octanol–water partition coefficient (Wildman–Crippen LogP) is 5.68. The Morgan fingerprint density at radius 3 is 1.73 bits per heavy atom. The highest BCUT2D eigenvalue weighted by Crippen LogP contribution is 2.33. The van der Waals surface area contributed by atoms with E-state index in [1.165, 1.54) is 16.7 Å². The van der Waals surface area contributed by atoms with Gasteiger partial charge in [-0.1, -0.05) is 105 Å². The largest absolute Gasteiger partial charge is 0.367 e. The van der Waals surface area contributed by atoms with Crippen LogP contribution >= 0.6 is 0 Å². The van der Waals surface area contributed by atoms with Gasteiger partial charge >= 0.3 is 0 Å². The molecule has 3 aromatic carbocycles. The number of rotatable bonds is 8. The molecule has 0 saturated heterocycles. The highest BCUT2D eigenvalue weighted by Gasteiger charge is 2.26. The molecule has 0 bridgehead atoms. The van der Waals surface area contributed by atoms with Gasteiger partial charge in [0.1, 0.15) is 6.10 Å². The van der Waals surface area contributed by atoms with Crippen molar-refractivity contribution in [3.05, 3.63) is 108 Å². The minimum absolute atomic E-state index is 0.0683. The summed E-state index contributed by atoms with van der Waals surface area (Å²) in [7, 11) is 0. The van der Waals surface area contributed by atoms with Crippen LogP contribution in [0.15, 0.2) is 91.0 Å². The van der Waals surface area contributed by atoms with Crippen LogP contribution in [0.1, 0.15) is 42.7 Å². The van der Waals surface area contributed by atoms with E-state index in [2.05, 4.69) is 98.0 Å². The van der Waals surface area contributed by atoms with Crippen molar-refractivity contribution in [2.24, 2.45) is 0 Å². The molecule has 0 fully saturated rings. The Morgan fingerprint density at radius 1 is 0.692 bits per heavy atom. The van der Waals surface area contributed by atoms with Gasteiger partial charge < -0.3 is 10.1 Å². The zero-order chi connectivity index (χ0) is 18.2. The summed E-state index contributed by atoms with van der Waals surface area (Å²) >= 11 is 0. The second-order valence-corrected chi connectivity index (χ2v) is 6.84. The number of hydrogen-bond acceptors (Lipinski definition) is 2. The third kappa shape index (κ3) is 5.04. The molecule has 2 heteroatoms. The molecule has 0 amide bonds. The van der Waals surface area contributed by atoms with Crippen molar-refractivity contribution in [1.29, 1.82) is 0 Å². The van der Waals surface area contributed by atoms with E-state index >= 15 is 0 Å². The standard InChI is InChI=1S/C24H27NO/c1-19(2)25-23(21-14-8-4-9-15-21)24(22-16-10-5-11-17-22)26-18-20-12-6-3-7-13-20/h3-17,19,23-25H,18H2,1-2H3/t23-,24+/m1/s1. The summed E-state index contributed by atoms with van der Waals surface area (Å²) < 4.78 is 6.47. The molecule has 0 saturated carbocycles. The molecule has 0 unspecified atom stereocenters. The summed E-state index contributed by atoms with van der Waals surface area (Å²) in [4.78, 5) is 0. The Balaban J connectivity index is 1.91. The van der Waals surface area contributed by atoms with Gasteiger partial charge in [0, 0.05) is 6.04 Å². The Bertz CT molecular complexity index is 756. The van der Waals surface area contributed by atoms with Crippen molar-refractivity contribution < 1.29 is 4.74 Å². The number of benzene rings is 3. The van der Waals surface area contributed by atoms with Crippen LogP contribution in [0.2, 0.25) is 0 Å². The van der Waals surface area contributed by atoms with Crippen molar-refractivity contribution in [3.63, 3.8) is 0 Å². The van der Waals surface area contributed by atoms with Crippen molar-refractivity contribution >= 4 is 0 Å². The van der Waals surface area contributed by atoms with Gasteiger partial charge in [0.15, 0.2) is 0 Å². The molecule has 0 aliphatic carbocycles. The van der Waals surface area contributed by atoms with Gasteiger partial charge in [0.2, 0.25) is 0 Å². The van der Waals surface area contributed by atoms with Crippen LogP contribution in [0.5, 0.6) is 0 Å². The molecule has 0 aliphatic rings. The van der Waals surface area contributed by atoms with Gasteiger partial charge in [-0.25, -0.2) is 0 Å². The van der Waals surface area contributed by atoms with E-state index in [4.69, 9.17) is 4.74 Å². The summed E-state index contributed by atoms with van der Waals surface area (Å²) in [6, 6.07) is 31.8. The van der Waals surface area contributed by atoms with Gasteiger partial charge in [-0.2, -0.15) is 0 Å². The monoisotopic (exact) mass is 345 g/mol. The van der Waals surface area contributed by atoms with Crippen LogP contribution in [-0.2, 0) is 11.3 Å². The minimum Gasteiger partial charge on any atom is -0.367 e. The van der Waals surface area contributed by atoms with Gasteiger partial charge in [-0.15, -0.1) is 0 Å². The van der Waals surface area contributed by atoms with E-state index in [1.54, 1.807) is 0 Å². The first-order valence-corrected chi connectivity index (χ1v) is 9.25. The van der Waals surface area contributed by atoms with Crippen LogP contribution in [0.25, 0.3) is 0 Å². The zero-order valence-electron chi connectivity index (χ0n) is 15.5. The summed E-state index contributed by atoms with van der Waals surface area (Å²) in [6.45, 7) is 4.94. The van der Waals surface area contributed by atoms with Gasteiger partial charge in [-0.05, 0) is 16.7 Å². The lowest BCUT2D eigenvalue weighted by atomic mass is 9.95. The molecular weight excluding hydrogens is 318 g/mol. The first-order valence-electron chi connectivity index (χ1n) is 9.25. The summed E-state index contributed by atoms with van der Waals surface area (Å²) in [6.07, 6.45) is -0.0683. The van der Waals surface area contributed by atoms with Crippen molar-refractivity contribution in [2.45, 2.75) is 38.6 Å². The van der Waals surface area contributed by atoms with Crippen molar-refractivity contribution in [1.82, 2.24) is 5.32 Å². The van der Waals surface area contributed by atoms with Crippen molar-refractivity contribution in [3.8, 4) is 0 Å². The molecule has 0 heterocycles. The molecule has 2 nitrogen and oxygen atoms in total. The third-order valence-corrected chi connectivity index (χ3v) is 4.37. The topological polar surface area (TPSA) is 21.3 Å². The molecule has 3 aromatic rings. The first-order chi connectivity index (χ1) is 12.7. The Hall–Kier alpha value is -2.42. The molecule has 134 valence electrons. The maximum absolute atomic E-state index is 6.47. The van der Waals surface area contributed by atoms with Crippen LogP contribution < -0.4 is 5.32 Å². The average molecular weight is 345 g/mol. The second-order valence-electron chi connectivity index (χ2n) is 6.84. The summed E-state index contributed by atoms with van der Waals surface area (Å²) in [5.41, 5.74) is 3.61. The molecular formula is C24H27NO. The SMILES string of the molecule is CC(C)N[C@H](c1ccccc1)[C@@H](OCc1ccccc1)c1ccccc1. The maximum atomic E-state index is 6.47. The molecule has 1 N–H and O–H groups in total. The zero-order valence-corrected chi connectivity index (χ0v) is 15.5. The van der Waals surface area contributed by atoms with Gasteiger partial charge in [-0.3, -0.25) is 0 Å². The Kier molecular flexibility index (Phi) is 6.59. The fraction of sp³-hybridized carbons (Fsp3) is 0.250. The lowest BCUT2D eigenvalue weighted by molar-refractivity contribution is 0.0103. The number of ether oxygens (including phenoxy) is 1. The number of hydrogen-bond donors (Lipinski definition) is 1. The van der Waals surface area contributed by atoms with Crippen LogP contribution in [-0.4, -0.2) is 6.04 Å². The van der Waals surface area contributed by atoms with Gasteiger partial charge in [0.05, 0.1) is 12.6 Å². The van der Waals surface area contributed by atoms with E-state index in [9.17, 15) is 0 Å². The predicted molar refractivity (Wildman–Crippen MR) is 108 cm³/mol. The quantitative estimate of drug-likeness (QED) is 0.567. The molecule has 0 aromatic heterocycles. The smallest absolute Gasteiger partial charge is 0.102 e. The lowest BCUT2D eigenvalue weighted by Gasteiger charge is -2.31. The van der Waals surface area contributed by atoms with Crippen LogP contribution in [0.4, 0.5) is 0 Å². The summed E-state index contributed by atoms with van der Waals surface area (Å²) in [5.74, 6) is 0. The fourth-order valence-corrected chi connectivity index (χ4v) is 3.17. The highest BCUT2D eigenvalue weighted by molar-refractivity contribution is 5.27. The Morgan fingerprint density at radius 2 is 1.19 bits per heavy atom. The van der Waals surface area contributed by atoms with E-state index in [1.807, 2.05) is 12.1 Å². The van der Waals surface area contributed by atoms with Crippen molar-refractivity contribution in [2.75, 3.05) is 0 Å². The normalized spacial score (nSPS) is 13.5. The molecule has 0 spiro atoms. The molecule has 26 heavy (non-hydrogen) atoms. The minimum atomic E-state index is -0.0683. The highest BCUT2D eigenvalue weighted by atomic mass is 16.5. The van der Waals surface area contributed by atoms with E-state index in [-0.39, 0.29) is 12.1 Å². The average Bonchev–Trinajstić information content (AvgIpc) is 2.69. The summed E-state index contributed by atoms with van der Waals surface area (Å²) in [5, 5.41) is 3.71. The molecule has 2 atom stereocenters. The van der Waals surface area contributed by atoms with E-state index < -0.39 is 0 Å². The first kappa shape index (κ1) is 18.4. The maximum Gasteiger partial charge on any atom is 0.102 e. The van der Waals surface area contributed by atoms with E-state index in [0.717, 1.165) is 0 Å². The second kappa shape index (κ2) is 9.33. The third-order valence-electron chi connectivity index (χ3n) is 4.37. The lowest BCUT2D eigenvalue weighted by Crippen LogP contribution is -2.33. The molecule has 0 aliphatic heterocycles.